The largest absolute Gasteiger partial charge is 0.507 e. The number of phenolic OH excluding ortho intramolecular Hbond substituents is 1. The summed E-state index contributed by atoms with van der Waals surface area (Å²) in [5.74, 6) is -0.652. The van der Waals surface area contributed by atoms with Crippen LogP contribution in [0.15, 0.2) is 22.7 Å². The maximum atomic E-state index is 11.6. The van der Waals surface area contributed by atoms with Crippen LogP contribution in [0, 0.1) is 0 Å². The van der Waals surface area contributed by atoms with Crippen LogP contribution in [-0.2, 0) is 4.79 Å². The van der Waals surface area contributed by atoms with E-state index in [1.807, 2.05) is 0 Å². The number of amides is 2. The van der Waals surface area contributed by atoms with Gasteiger partial charge in [-0.25, -0.2) is 0 Å². The van der Waals surface area contributed by atoms with Gasteiger partial charge in [-0.05, 0) is 18.2 Å². The summed E-state index contributed by atoms with van der Waals surface area (Å²) in [6.45, 7) is 0.230. The fraction of sp³-hybridized carbons (Fsp3) is 0.273. The van der Waals surface area contributed by atoms with E-state index in [9.17, 15) is 14.7 Å². The third kappa shape index (κ3) is 4.07. The number of rotatable bonds is 4. The van der Waals surface area contributed by atoms with Gasteiger partial charge in [-0.3, -0.25) is 9.59 Å². The molecule has 5 nitrogen and oxygen atoms in total. The molecule has 0 heterocycles. The highest BCUT2D eigenvalue weighted by Gasteiger charge is 2.10. The van der Waals surface area contributed by atoms with Gasteiger partial charge in [0.15, 0.2) is 0 Å². The Morgan fingerprint density at radius 3 is 2.71 bits per heavy atom. The molecule has 0 aliphatic rings. The van der Waals surface area contributed by atoms with E-state index in [1.54, 1.807) is 6.07 Å². The van der Waals surface area contributed by atoms with Crippen molar-refractivity contribution in [3.63, 3.8) is 0 Å². The van der Waals surface area contributed by atoms with E-state index in [0.29, 0.717) is 4.47 Å². The number of benzene rings is 1. The summed E-state index contributed by atoms with van der Waals surface area (Å²) in [6, 6.07) is 4.61. The Morgan fingerprint density at radius 1 is 1.41 bits per heavy atom. The smallest absolute Gasteiger partial charge is 0.255 e. The summed E-state index contributed by atoms with van der Waals surface area (Å²) in [7, 11) is 1.53. The first-order chi connectivity index (χ1) is 8.04. The van der Waals surface area contributed by atoms with Gasteiger partial charge < -0.3 is 15.7 Å². The zero-order valence-corrected chi connectivity index (χ0v) is 10.9. The lowest BCUT2D eigenvalue weighted by Crippen LogP contribution is -2.29. The minimum atomic E-state index is -0.404. The van der Waals surface area contributed by atoms with Crippen molar-refractivity contribution in [3.05, 3.63) is 28.2 Å². The molecule has 0 unspecified atom stereocenters. The second kappa shape index (κ2) is 6.24. The first-order valence-electron chi connectivity index (χ1n) is 5.02. The van der Waals surface area contributed by atoms with Gasteiger partial charge in [0.05, 0.1) is 5.56 Å². The maximum absolute atomic E-state index is 11.6. The molecule has 0 saturated carbocycles. The van der Waals surface area contributed by atoms with Crippen molar-refractivity contribution in [2.45, 2.75) is 6.42 Å². The summed E-state index contributed by atoms with van der Waals surface area (Å²) >= 11 is 3.18. The predicted octanol–water partition coefficient (Wildman–Crippen LogP) is 1.02. The van der Waals surface area contributed by atoms with Gasteiger partial charge in [-0.15, -0.1) is 0 Å². The highest BCUT2D eigenvalue weighted by Crippen LogP contribution is 2.21. The van der Waals surface area contributed by atoms with Gasteiger partial charge >= 0.3 is 0 Å². The molecule has 1 aromatic rings. The second-order valence-electron chi connectivity index (χ2n) is 3.34. The van der Waals surface area contributed by atoms with E-state index in [4.69, 9.17) is 0 Å². The molecule has 1 rings (SSSR count). The van der Waals surface area contributed by atoms with E-state index in [1.165, 1.54) is 19.2 Å². The Hall–Kier alpha value is -1.56. The van der Waals surface area contributed by atoms with Crippen molar-refractivity contribution >= 4 is 27.7 Å². The second-order valence-corrected chi connectivity index (χ2v) is 4.26. The Bertz CT molecular complexity index is 435. The molecule has 0 fully saturated rings. The first kappa shape index (κ1) is 13.5. The van der Waals surface area contributed by atoms with Crippen molar-refractivity contribution in [1.82, 2.24) is 10.6 Å². The molecule has 6 heteroatoms. The molecule has 0 bridgehead atoms. The number of aromatic hydroxyl groups is 1. The van der Waals surface area contributed by atoms with Crippen LogP contribution in [0.1, 0.15) is 16.8 Å². The highest BCUT2D eigenvalue weighted by atomic mass is 79.9. The molecule has 0 radical (unpaired) electrons. The number of nitrogens with one attached hydrogen (secondary N) is 2. The first-order valence-corrected chi connectivity index (χ1v) is 5.81. The fourth-order valence-electron chi connectivity index (χ4n) is 1.21. The third-order valence-corrected chi connectivity index (χ3v) is 2.61. The number of hydrogen-bond donors (Lipinski definition) is 3. The minimum absolute atomic E-state index is 0.100. The fourth-order valence-corrected chi connectivity index (χ4v) is 1.56. The highest BCUT2D eigenvalue weighted by molar-refractivity contribution is 9.10. The minimum Gasteiger partial charge on any atom is -0.507 e. The van der Waals surface area contributed by atoms with Crippen LogP contribution in [0.3, 0.4) is 0 Å². The van der Waals surface area contributed by atoms with Crippen LogP contribution < -0.4 is 10.6 Å². The van der Waals surface area contributed by atoms with Crippen molar-refractivity contribution in [2.75, 3.05) is 13.6 Å². The van der Waals surface area contributed by atoms with Crippen LogP contribution >= 0.6 is 15.9 Å². The van der Waals surface area contributed by atoms with Gasteiger partial charge in [0.2, 0.25) is 5.91 Å². The monoisotopic (exact) mass is 300 g/mol. The molecular formula is C11H13BrN2O3. The van der Waals surface area contributed by atoms with Crippen LogP contribution in [-0.4, -0.2) is 30.5 Å². The molecule has 0 aliphatic carbocycles. The molecular weight excluding hydrogens is 288 g/mol. The summed E-state index contributed by atoms with van der Waals surface area (Å²) < 4.78 is 0.692. The van der Waals surface area contributed by atoms with Crippen molar-refractivity contribution < 1.29 is 14.7 Å². The summed E-state index contributed by atoms with van der Waals surface area (Å²) in [4.78, 5) is 22.6. The van der Waals surface area contributed by atoms with Gasteiger partial charge in [0, 0.05) is 24.5 Å². The molecule has 3 N–H and O–H groups in total. The summed E-state index contributed by atoms with van der Waals surface area (Å²) in [5.41, 5.74) is 0.185. The summed E-state index contributed by atoms with van der Waals surface area (Å²) in [5, 5.41) is 14.5. The lowest BCUT2D eigenvalue weighted by atomic mass is 10.2. The Kier molecular flexibility index (Phi) is 4.96. The van der Waals surface area contributed by atoms with Crippen molar-refractivity contribution in [1.29, 1.82) is 0 Å². The average Bonchev–Trinajstić information content (AvgIpc) is 2.28. The number of halogens is 1. The quantitative estimate of drug-likeness (QED) is 0.777. The molecule has 0 atom stereocenters. The number of carbonyl (C=O) groups is 2. The van der Waals surface area contributed by atoms with E-state index < -0.39 is 5.91 Å². The molecule has 0 saturated heterocycles. The van der Waals surface area contributed by atoms with E-state index >= 15 is 0 Å². The number of phenols is 1. The molecule has 0 aliphatic heterocycles. The van der Waals surface area contributed by atoms with Gasteiger partial charge in [0.25, 0.3) is 5.91 Å². The molecule has 0 spiro atoms. The van der Waals surface area contributed by atoms with E-state index in [0.717, 1.165) is 0 Å². The number of hydrogen-bond acceptors (Lipinski definition) is 3. The molecule has 0 aromatic heterocycles. The van der Waals surface area contributed by atoms with Gasteiger partial charge in [-0.1, -0.05) is 15.9 Å². The molecule has 92 valence electrons. The topological polar surface area (TPSA) is 78.4 Å². The standard InChI is InChI=1S/C11H13BrN2O3/c1-13-10(16)4-5-14-11(17)8-3-2-7(12)6-9(8)15/h2-3,6,15H,4-5H2,1H3,(H,13,16)(H,14,17). The molecule has 17 heavy (non-hydrogen) atoms. The molecule has 2 amide bonds. The maximum Gasteiger partial charge on any atom is 0.255 e. The zero-order chi connectivity index (χ0) is 12.8. The van der Waals surface area contributed by atoms with Gasteiger partial charge in [0.1, 0.15) is 5.75 Å². The van der Waals surface area contributed by atoms with Crippen LogP contribution in [0.4, 0.5) is 0 Å². The molecule has 1 aromatic carbocycles. The Labute approximate surface area is 107 Å². The third-order valence-electron chi connectivity index (χ3n) is 2.12. The predicted molar refractivity (Wildman–Crippen MR) is 66.8 cm³/mol. The number of carbonyl (C=O) groups excluding carboxylic acids is 2. The zero-order valence-electron chi connectivity index (χ0n) is 9.29. The lowest BCUT2D eigenvalue weighted by molar-refractivity contribution is -0.120. The van der Waals surface area contributed by atoms with E-state index in [2.05, 4.69) is 26.6 Å². The SMILES string of the molecule is CNC(=O)CCNC(=O)c1ccc(Br)cc1O. The van der Waals surface area contributed by atoms with Crippen LogP contribution in [0.25, 0.3) is 0 Å². The van der Waals surface area contributed by atoms with Crippen molar-refractivity contribution in [3.8, 4) is 5.75 Å². The normalized spacial score (nSPS) is 9.76. The lowest BCUT2D eigenvalue weighted by Gasteiger charge is -2.06. The Balaban J connectivity index is 2.55. The van der Waals surface area contributed by atoms with Gasteiger partial charge in [-0.2, -0.15) is 0 Å². The van der Waals surface area contributed by atoms with E-state index in [-0.39, 0.29) is 30.2 Å². The Morgan fingerprint density at radius 2 is 2.12 bits per heavy atom. The van der Waals surface area contributed by atoms with Crippen LogP contribution in [0.5, 0.6) is 5.75 Å². The average molecular weight is 301 g/mol. The van der Waals surface area contributed by atoms with Crippen LogP contribution in [0.2, 0.25) is 0 Å². The summed E-state index contributed by atoms with van der Waals surface area (Å²) in [6.07, 6.45) is 0.208. The van der Waals surface area contributed by atoms with Crippen molar-refractivity contribution in [2.24, 2.45) is 0 Å².